The molecule has 2 heterocycles. The lowest BCUT2D eigenvalue weighted by Gasteiger charge is -2.39. The van der Waals surface area contributed by atoms with Gasteiger partial charge in [0, 0.05) is 23.8 Å². The van der Waals surface area contributed by atoms with Crippen LogP contribution in [0.3, 0.4) is 0 Å². The first-order chi connectivity index (χ1) is 15.5. The van der Waals surface area contributed by atoms with Gasteiger partial charge in [0.2, 0.25) is 5.95 Å². The molecule has 33 heavy (non-hydrogen) atoms. The lowest BCUT2D eigenvalue weighted by Crippen LogP contribution is -2.52. The van der Waals surface area contributed by atoms with Gasteiger partial charge in [-0.2, -0.15) is 4.98 Å². The molecule has 176 valence electrons. The molecule has 1 aromatic carbocycles. The molecular formula is C23H29FN6O3. The topological polar surface area (TPSA) is 114 Å². The van der Waals surface area contributed by atoms with E-state index >= 15 is 0 Å². The minimum Gasteiger partial charge on any atom is -0.444 e. The molecule has 1 fully saturated rings. The molecule has 0 spiro atoms. The first kappa shape index (κ1) is 22.8. The van der Waals surface area contributed by atoms with Gasteiger partial charge in [-0.25, -0.2) is 19.0 Å². The standard InChI is InChI=1S/C23H29FN6O3/c1-13-6-5-7-17(24)18(13)29-12-14-11-26-20(25)28-19(14)30(22(29)32)16-9-8-15(10-16)27-21(31)33-23(2,3)4/h5-7,11,15-16H,8-10,12H2,1-4H3,(H,27,31)(H2,25,26,28). The predicted octanol–water partition coefficient (Wildman–Crippen LogP) is 3.90. The summed E-state index contributed by atoms with van der Waals surface area (Å²) in [6, 6.07) is 3.93. The number of fused-ring (bicyclic) bond motifs is 1. The smallest absolute Gasteiger partial charge is 0.407 e. The molecule has 2 aromatic rings. The van der Waals surface area contributed by atoms with Gasteiger partial charge in [-0.3, -0.25) is 9.80 Å². The van der Waals surface area contributed by atoms with Crippen LogP contribution in [0.2, 0.25) is 0 Å². The third-order valence-corrected chi connectivity index (χ3v) is 5.80. The van der Waals surface area contributed by atoms with Crippen molar-refractivity contribution < 1.29 is 18.7 Å². The molecule has 0 radical (unpaired) electrons. The summed E-state index contributed by atoms with van der Waals surface area (Å²) in [6.07, 6.45) is 2.90. The van der Waals surface area contributed by atoms with Gasteiger partial charge in [-0.05, 0) is 58.6 Å². The minimum atomic E-state index is -0.601. The molecule has 4 rings (SSSR count). The molecule has 1 aromatic heterocycles. The monoisotopic (exact) mass is 456 g/mol. The van der Waals surface area contributed by atoms with Gasteiger partial charge < -0.3 is 15.8 Å². The molecule has 1 aliphatic carbocycles. The summed E-state index contributed by atoms with van der Waals surface area (Å²) in [5, 5.41) is 2.89. The number of urea groups is 1. The third kappa shape index (κ3) is 4.69. The van der Waals surface area contributed by atoms with Crippen molar-refractivity contribution >= 4 is 29.6 Å². The normalized spacial score (nSPS) is 20.6. The Morgan fingerprint density at radius 3 is 2.76 bits per heavy atom. The van der Waals surface area contributed by atoms with Crippen LogP contribution in [0.5, 0.6) is 0 Å². The maximum Gasteiger partial charge on any atom is 0.407 e. The van der Waals surface area contributed by atoms with Crippen LogP contribution in [-0.4, -0.2) is 39.8 Å². The highest BCUT2D eigenvalue weighted by Crippen LogP contribution is 2.38. The number of aryl methyl sites for hydroxylation is 1. The number of hydrogen-bond donors (Lipinski definition) is 2. The predicted molar refractivity (Wildman–Crippen MR) is 122 cm³/mol. The van der Waals surface area contributed by atoms with Crippen LogP contribution in [0.1, 0.15) is 51.2 Å². The van der Waals surface area contributed by atoms with Crippen LogP contribution < -0.4 is 20.9 Å². The van der Waals surface area contributed by atoms with Crippen molar-refractivity contribution in [3.8, 4) is 0 Å². The van der Waals surface area contributed by atoms with Gasteiger partial charge >= 0.3 is 12.1 Å². The Labute approximate surface area is 192 Å². The molecule has 2 atom stereocenters. The number of alkyl carbamates (subject to hydrolysis) is 1. The van der Waals surface area contributed by atoms with E-state index in [9.17, 15) is 14.0 Å². The van der Waals surface area contributed by atoms with E-state index in [1.54, 1.807) is 50.9 Å². The SMILES string of the molecule is Cc1cccc(F)c1N1Cc2cnc(N)nc2N(C2CCC(NC(=O)OC(C)(C)C)C2)C1=O. The number of anilines is 3. The zero-order valence-corrected chi connectivity index (χ0v) is 19.3. The highest BCUT2D eigenvalue weighted by Gasteiger charge is 2.42. The molecule has 10 heteroatoms. The zero-order valence-electron chi connectivity index (χ0n) is 19.3. The second-order valence-electron chi connectivity index (χ2n) is 9.53. The van der Waals surface area contributed by atoms with Crippen molar-refractivity contribution in [3.05, 3.63) is 41.3 Å². The van der Waals surface area contributed by atoms with E-state index in [0.717, 1.165) is 0 Å². The van der Waals surface area contributed by atoms with Crippen molar-refractivity contribution in [2.45, 2.75) is 71.2 Å². The number of carbonyl (C=O) groups is 2. The zero-order chi connectivity index (χ0) is 23.9. The van der Waals surface area contributed by atoms with Gasteiger partial charge in [-0.15, -0.1) is 0 Å². The molecule has 2 aliphatic rings. The highest BCUT2D eigenvalue weighted by molar-refractivity contribution is 6.06. The number of hydrogen-bond acceptors (Lipinski definition) is 6. The molecular weight excluding hydrogens is 427 g/mol. The van der Waals surface area contributed by atoms with Gasteiger partial charge in [0.05, 0.1) is 12.2 Å². The lowest BCUT2D eigenvalue weighted by atomic mass is 10.1. The van der Waals surface area contributed by atoms with Crippen LogP contribution in [0.15, 0.2) is 24.4 Å². The maximum atomic E-state index is 14.8. The molecule has 1 saturated carbocycles. The Hall–Kier alpha value is -3.43. The number of aromatic nitrogens is 2. The summed E-state index contributed by atoms with van der Waals surface area (Å²) < 4.78 is 20.1. The van der Waals surface area contributed by atoms with E-state index < -0.39 is 17.5 Å². The fourth-order valence-electron chi connectivity index (χ4n) is 4.46. The van der Waals surface area contributed by atoms with Crippen molar-refractivity contribution in [3.63, 3.8) is 0 Å². The van der Waals surface area contributed by atoms with Gasteiger partial charge in [0.25, 0.3) is 0 Å². The Morgan fingerprint density at radius 1 is 1.30 bits per heavy atom. The van der Waals surface area contributed by atoms with Crippen LogP contribution >= 0.6 is 0 Å². The average molecular weight is 457 g/mol. The van der Waals surface area contributed by atoms with Crippen LogP contribution in [-0.2, 0) is 11.3 Å². The Kier molecular flexibility index (Phi) is 5.85. The molecule has 3 amide bonds. The van der Waals surface area contributed by atoms with E-state index in [0.29, 0.717) is 36.2 Å². The van der Waals surface area contributed by atoms with Crippen molar-refractivity contribution in [1.29, 1.82) is 0 Å². The van der Waals surface area contributed by atoms with Crippen molar-refractivity contribution in [2.75, 3.05) is 15.5 Å². The third-order valence-electron chi connectivity index (χ3n) is 5.80. The van der Waals surface area contributed by atoms with Gasteiger partial charge in [0.15, 0.2) is 0 Å². The second-order valence-corrected chi connectivity index (χ2v) is 9.53. The van der Waals surface area contributed by atoms with E-state index in [2.05, 4.69) is 15.3 Å². The number of rotatable bonds is 3. The number of halogens is 1. The van der Waals surface area contributed by atoms with Crippen molar-refractivity contribution in [2.24, 2.45) is 0 Å². The van der Waals surface area contributed by atoms with Crippen LogP contribution in [0.25, 0.3) is 0 Å². The van der Waals surface area contributed by atoms with Crippen LogP contribution in [0, 0.1) is 12.7 Å². The van der Waals surface area contributed by atoms with Gasteiger partial charge in [-0.1, -0.05) is 12.1 Å². The highest BCUT2D eigenvalue weighted by atomic mass is 19.1. The summed E-state index contributed by atoms with van der Waals surface area (Å²) >= 11 is 0. The van der Waals surface area contributed by atoms with E-state index in [4.69, 9.17) is 10.5 Å². The maximum absolute atomic E-state index is 14.8. The number of ether oxygens (including phenoxy) is 1. The summed E-state index contributed by atoms with van der Waals surface area (Å²) in [5.41, 5.74) is 6.79. The van der Waals surface area contributed by atoms with Gasteiger partial charge in [0.1, 0.15) is 17.2 Å². The average Bonchev–Trinajstić information content (AvgIpc) is 3.14. The van der Waals surface area contributed by atoms with E-state index in [1.807, 2.05) is 0 Å². The first-order valence-electron chi connectivity index (χ1n) is 11.0. The van der Waals surface area contributed by atoms with Crippen molar-refractivity contribution in [1.82, 2.24) is 15.3 Å². The summed E-state index contributed by atoms with van der Waals surface area (Å²) in [6.45, 7) is 7.31. The summed E-state index contributed by atoms with van der Waals surface area (Å²) in [7, 11) is 0. The Bertz CT molecular complexity index is 1070. The number of nitrogens with zero attached hydrogens (tertiary/aromatic N) is 4. The molecule has 1 aliphatic heterocycles. The second kappa shape index (κ2) is 8.49. The van der Waals surface area contributed by atoms with Crippen LogP contribution in [0.4, 0.5) is 31.4 Å². The number of amides is 3. The minimum absolute atomic E-state index is 0.0588. The molecule has 9 nitrogen and oxygen atoms in total. The number of benzene rings is 1. The largest absolute Gasteiger partial charge is 0.444 e. The fourth-order valence-corrected chi connectivity index (χ4v) is 4.46. The summed E-state index contributed by atoms with van der Waals surface area (Å²) in [4.78, 5) is 37.3. The molecule has 2 unspecified atom stereocenters. The molecule has 3 N–H and O–H groups in total. The number of nitrogens with one attached hydrogen (secondary N) is 1. The fraction of sp³-hybridized carbons (Fsp3) is 0.478. The first-order valence-corrected chi connectivity index (χ1v) is 11.0. The number of nitrogen functional groups attached to an aromatic ring is 1. The van der Waals surface area contributed by atoms with E-state index in [-0.39, 0.29) is 36.3 Å². The number of para-hydroxylation sites is 1. The Morgan fingerprint density at radius 2 is 2.06 bits per heavy atom. The lowest BCUT2D eigenvalue weighted by molar-refractivity contribution is 0.0505. The molecule has 0 saturated heterocycles. The molecule has 0 bridgehead atoms. The summed E-state index contributed by atoms with van der Waals surface area (Å²) in [5.74, 6) is 0.0168. The van der Waals surface area contributed by atoms with E-state index in [1.165, 1.54) is 11.0 Å². The number of nitrogens with two attached hydrogens (primary N) is 1. The number of carbonyl (C=O) groups excluding carboxylic acids is 2. The quantitative estimate of drug-likeness (QED) is 0.724. The Balaban J connectivity index is 1.62.